The average molecular weight is 391 g/mol. The van der Waals surface area contributed by atoms with Gasteiger partial charge < -0.3 is 4.74 Å². The van der Waals surface area contributed by atoms with Crippen LogP contribution in [0.4, 0.5) is 8.78 Å². The minimum atomic E-state index is -0.820. The minimum absolute atomic E-state index is 0.341. The predicted octanol–water partition coefficient (Wildman–Crippen LogP) is 6.70. The molecule has 0 saturated carbocycles. The molecule has 154 valence electrons. The molecule has 0 aliphatic heterocycles. The number of rotatable bonds is 13. The molecule has 0 N–H and O–H groups in total. The van der Waals surface area contributed by atoms with Crippen molar-refractivity contribution >= 4 is 0 Å². The smallest absolute Gasteiger partial charge is 0.162 e. The van der Waals surface area contributed by atoms with Crippen molar-refractivity contribution < 1.29 is 13.5 Å². The Morgan fingerprint density at radius 3 is 2.39 bits per heavy atom. The summed E-state index contributed by atoms with van der Waals surface area (Å²) < 4.78 is 32.9. The molecule has 0 amide bonds. The molecule has 0 fully saturated rings. The maximum absolute atomic E-state index is 14.4. The normalized spacial score (nSPS) is 12.1. The summed E-state index contributed by atoms with van der Waals surface area (Å²) in [6, 6.07) is 5.04. The number of aromatic nitrogens is 2. The van der Waals surface area contributed by atoms with Crippen molar-refractivity contribution in [3.8, 4) is 17.1 Å². The number of unbranched alkanes of at least 4 members (excludes halogenated alkanes) is 5. The van der Waals surface area contributed by atoms with Crippen LogP contribution in [0.1, 0.15) is 70.8 Å². The molecule has 5 heteroatoms. The van der Waals surface area contributed by atoms with E-state index in [9.17, 15) is 8.78 Å². The third-order valence-corrected chi connectivity index (χ3v) is 4.74. The van der Waals surface area contributed by atoms with E-state index in [0.717, 1.165) is 12.0 Å². The predicted molar refractivity (Wildman–Crippen MR) is 110 cm³/mol. The van der Waals surface area contributed by atoms with Crippen LogP contribution in [0.3, 0.4) is 0 Å². The topological polar surface area (TPSA) is 35.0 Å². The fraction of sp³-hybridized carbons (Fsp3) is 0.565. The van der Waals surface area contributed by atoms with Crippen LogP contribution in [0.5, 0.6) is 5.75 Å². The summed E-state index contributed by atoms with van der Waals surface area (Å²) in [5.41, 5.74) is 1.23. The fourth-order valence-electron chi connectivity index (χ4n) is 3.09. The van der Waals surface area contributed by atoms with Gasteiger partial charge in [-0.15, -0.1) is 0 Å². The van der Waals surface area contributed by atoms with Gasteiger partial charge in [0.2, 0.25) is 0 Å². The number of ether oxygens (including phenoxy) is 1. The zero-order valence-electron chi connectivity index (χ0n) is 17.1. The maximum atomic E-state index is 14.4. The van der Waals surface area contributed by atoms with Crippen LogP contribution in [-0.2, 0) is 6.42 Å². The number of nitrogens with zero attached hydrogens (tertiary/aromatic N) is 2. The number of aryl methyl sites for hydroxylation is 1. The highest BCUT2D eigenvalue weighted by atomic mass is 19.1. The zero-order valence-corrected chi connectivity index (χ0v) is 17.1. The number of hydrogen-bond donors (Lipinski definition) is 0. The first kappa shape index (κ1) is 22.3. The van der Waals surface area contributed by atoms with Gasteiger partial charge in [0, 0.05) is 0 Å². The second-order valence-corrected chi connectivity index (χ2v) is 7.35. The summed E-state index contributed by atoms with van der Waals surface area (Å²) in [6.07, 6.45) is 11.5. The van der Waals surface area contributed by atoms with Crippen LogP contribution in [0, 0.1) is 5.82 Å². The van der Waals surface area contributed by atoms with Crippen LogP contribution >= 0.6 is 0 Å². The van der Waals surface area contributed by atoms with Crippen LogP contribution in [0.15, 0.2) is 30.6 Å². The van der Waals surface area contributed by atoms with E-state index < -0.39 is 6.17 Å². The molecule has 1 aromatic heterocycles. The molecular weight excluding hydrogens is 358 g/mol. The highest BCUT2D eigenvalue weighted by Crippen LogP contribution is 2.22. The Morgan fingerprint density at radius 1 is 1.00 bits per heavy atom. The van der Waals surface area contributed by atoms with Gasteiger partial charge in [-0.3, -0.25) is 0 Å². The summed E-state index contributed by atoms with van der Waals surface area (Å²) in [5.74, 6) is 0.592. The van der Waals surface area contributed by atoms with Gasteiger partial charge >= 0.3 is 0 Å². The van der Waals surface area contributed by atoms with Crippen LogP contribution in [0.2, 0.25) is 0 Å². The van der Waals surface area contributed by atoms with Crippen molar-refractivity contribution in [3.63, 3.8) is 0 Å². The van der Waals surface area contributed by atoms with Gasteiger partial charge in [0.25, 0.3) is 0 Å². The molecule has 2 aromatic rings. The standard InChI is InChI=1S/C23H32F2N2O/c1-3-4-5-6-7-8-14-28-20-16-26-23(27-17-20)21-13-12-19(15-22(21)25)11-9-10-18(2)24/h12-13,15-18H,3-11,14H2,1-2H3. The zero-order chi connectivity index (χ0) is 20.2. The molecule has 2 rings (SSSR count). The van der Waals surface area contributed by atoms with Gasteiger partial charge in [-0.05, 0) is 50.3 Å². The lowest BCUT2D eigenvalue weighted by atomic mass is 10.0. The van der Waals surface area contributed by atoms with Gasteiger partial charge in [0.1, 0.15) is 5.82 Å². The van der Waals surface area contributed by atoms with Crippen molar-refractivity contribution in [2.75, 3.05) is 6.61 Å². The molecule has 1 aromatic carbocycles. The van der Waals surface area contributed by atoms with Crippen LogP contribution in [0.25, 0.3) is 11.4 Å². The van der Waals surface area contributed by atoms with E-state index in [2.05, 4.69) is 16.9 Å². The van der Waals surface area contributed by atoms with E-state index in [1.54, 1.807) is 25.4 Å². The molecule has 3 nitrogen and oxygen atoms in total. The van der Waals surface area contributed by atoms with E-state index in [4.69, 9.17) is 4.74 Å². The monoisotopic (exact) mass is 390 g/mol. The Bertz CT molecular complexity index is 690. The molecule has 0 radical (unpaired) electrons. The van der Waals surface area contributed by atoms with E-state index >= 15 is 0 Å². The molecule has 1 heterocycles. The lowest BCUT2D eigenvalue weighted by Crippen LogP contribution is -2.00. The molecule has 0 saturated heterocycles. The Morgan fingerprint density at radius 2 is 1.71 bits per heavy atom. The Kier molecular flexibility index (Phi) is 9.87. The van der Waals surface area contributed by atoms with Crippen molar-refractivity contribution in [1.29, 1.82) is 0 Å². The number of hydrogen-bond acceptors (Lipinski definition) is 3. The lowest BCUT2D eigenvalue weighted by Gasteiger charge is -2.08. The average Bonchev–Trinajstić information content (AvgIpc) is 2.68. The van der Waals surface area contributed by atoms with Crippen molar-refractivity contribution in [2.45, 2.75) is 77.8 Å². The summed E-state index contributed by atoms with van der Waals surface area (Å²) in [7, 11) is 0. The third kappa shape index (κ3) is 7.91. The summed E-state index contributed by atoms with van der Waals surface area (Å²) in [4.78, 5) is 8.48. The van der Waals surface area contributed by atoms with E-state index in [1.807, 2.05) is 6.07 Å². The molecule has 0 bridgehead atoms. The number of alkyl halides is 1. The molecule has 1 atom stereocenters. The second-order valence-electron chi connectivity index (χ2n) is 7.35. The van der Waals surface area contributed by atoms with E-state index in [0.29, 0.717) is 43.0 Å². The Balaban J connectivity index is 1.82. The first-order chi connectivity index (χ1) is 13.6. The summed E-state index contributed by atoms with van der Waals surface area (Å²) in [6.45, 7) is 4.40. The van der Waals surface area contributed by atoms with Crippen LogP contribution in [-0.4, -0.2) is 22.7 Å². The van der Waals surface area contributed by atoms with Gasteiger partial charge in [-0.2, -0.15) is 0 Å². The summed E-state index contributed by atoms with van der Waals surface area (Å²) >= 11 is 0. The Hall–Kier alpha value is -2.04. The SMILES string of the molecule is CCCCCCCCOc1cnc(-c2ccc(CCCC(C)F)cc2F)nc1. The quantitative estimate of drug-likeness (QED) is 0.357. The van der Waals surface area contributed by atoms with Gasteiger partial charge in [0.05, 0.1) is 30.7 Å². The highest BCUT2D eigenvalue weighted by molar-refractivity contribution is 5.56. The molecular formula is C23H32F2N2O. The molecule has 28 heavy (non-hydrogen) atoms. The Labute approximate surface area is 167 Å². The minimum Gasteiger partial charge on any atom is -0.490 e. The van der Waals surface area contributed by atoms with E-state index in [1.165, 1.54) is 38.2 Å². The maximum Gasteiger partial charge on any atom is 0.162 e. The van der Waals surface area contributed by atoms with E-state index in [-0.39, 0.29) is 5.82 Å². The van der Waals surface area contributed by atoms with Crippen molar-refractivity contribution in [2.24, 2.45) is 0 Å². The van der Waals surface area contributed by atoms with Gasteiger partial charge in [-0.25, -0.2) is 18.7 Å². The molecule has 0 aliphatic carbocycles. The second kappa shape index (κ2) is 12.4. The first-order valence-electron chi connectivity index (χ1n) is 10.5. The number of benzene rings is 1. The lowest BCUT2D eigenvalue weighted by molar-refractivity contribution is 0.302. The number of halogens is 2. The molecule has 1 unspecified atom stereocenters. The van der Waals surface area contributed by atoms with Crippen LogP contribution < -0.4 is 4.74 Å². The van der Waals surface area contributed by atoms with Crippen molar-refractivity contribution in [3.05, 3.63) is 42.0 Å². The van der Waals surface area contributed by atoms with Gasteiger partial charge in [0.15, 0.2) is 11.6 Å². The van der Waals surface area contributed by atoms with Crippen molar-refractivity contribution in [1.82, 2.24) is 9.97 Å². The third-order valence-electron chi connectivity index (χ3n) is 4.74. The van der Waals surface area contributed by atoms with Gasteiger partial charge in [-0.1, -0.05) is 45.1 Å². The summed E-state index contributed by atoms with van der Waals surface area (Å²) in [5, 5.41) is 0. The largest absolute Gasteiger partial charge is 0.490 e. The fourth-order valence-corrected chi connectivity index (χ4v) is 3.09. The molecule has 0 aliphatic rings. The molecule has 0 spiro atoms. The highest BCUT2D eigenvalue weighted by Gasteiger charge is 2.10. The first-order valence-corrected chi connectivity index (χ1v) is 10.5.